The lowest BCUT2D eigenvalue weighted by Crippen LogP contribution is -2.35. The average Bonchev–Trinajstić information content (AvgIpc) is 2.83. The average molecular weight is 543 g/mol. The number of carbonyl (C=O) groups is 2. The van der Waals surface area contributed by atoms with Gasteiger partial charge < -0.3 is 14.8 Å². The van der Waals surface area contributed by atoms with Crippen molar-refractivity contribution in [2.24, 2.45) is 0 Å². The molecule has 3 rings (SSSR count). The molecule has 35 heavy (non-hydrogen) atoms. The van der Waals surface area contributed by atoms with Crippen molar-refractivity contribution in [3.8, 4) is 5.75 Å². The summed E-state index contributed by atoms with van der Waals surface area (Å²) in [6.45, 7) is 2.59. The number of ether oxygens (including phenoxy) is 2. The van der Waals surface area contributed by atoms with Gasteiger partial charge in [0, 0.05) is 24.5 Å². The zero-order valence-electron chi connectivity index (χ0n) is 19.4. The second-order valence-corrected chi connectivity index (χ2v) is 11.0. The van der Waals surface area contributed by atoms with E-state index in [0.29, 0.717) is 36.9 Å². The molecule has 1 aliphatic heterocycles. The molecule has 1 heterocycles. The van der Waals surface area contributed by atoms with Crippen LogP contribution in [0.3, 0.4) is 0 Å². The molecule has 1 N–H and O–H groups in total. The number of aryl methyl sites for hydroxylation is 1. The number of nitrogens with zero attached hydrogens (tertiary/aromatic N) is 1. The Morgan fingerprint density at radius 2 is 1.80 bits per heavy atom. The largest absolute Gasteiger partial charge is 0.493 e. The van der Waals surface area contributed by atoms with Crippen molar-refractivity contribution >= 4 is 50.8 Å². The smallest absolute Gasteiger partial charge is 0.306 e. The van der Waals surface area contributed by atoms with E-state index in [9.17, 15) is 18.0 Å². The Morgan fingerprint density at radius 3 is 2.51 bits per heavy atom. The molecule has 1 amide bonds. The van der Waals surface area contributed by atoms with E-state index in [1.165, 1.54) is 22.5 Å². The lowest BCUT2D eigenvalue weighted by Gasteiger charge is -2.26. The molecule has 11 heteroatoms. The molecule has 1 aliphatic rings. The monoisotopic (exact) mass is 542 g/mol. The van der Waals surface area contributed by atoms with Gasteiger partial charge >= 0.3 is 5.97 Å². The van der Waals surface area contributed by atoms with Gasteiger partial charge in [-0.05, 0) is 68.1 Å². The minimum atomic E-state index is -3.68. The number of esters is 1. The summed E-state index contributed by atoms with van der Waals surface area (Å²) in [7, 11) is -3.68. The van der Waals surface area contributed by atoms with Crippen LogP contribution >= 0.6 is 23.2 Å². The molecule has 0 aliphatic carbocycles. The molecule has 0 spiro atoms. The van der Waals surface area contributed by atoms with Crippen LogP contribution in [0.1, 0.15) is 37.7 Å². The van der Waals surface area contributed by atoms with Crippen LogP contribution in [0.25, 0.3) is 0 Å². The highest BCUT2D eigenvalue weighted by Crippen LogP contribution is 2.28. The molecule has 2 aromatic rings. The van der Waals surface area contributed by atoms with Gasteiger partial charge in [0.1, 0.15) is 5.75 Å². The van der Waals surface area contributed by atoms with Gasteiger partial charge in [0.2, 0.25) is 10.0 Å². The molecule has 0 bridgehead atoms. The maximum Gasteiger partial charge on any atom is 0.306 e. The first-order chi connectivity index (χ1) is 16.7. The summed E-state index contributed by atoms with van der Waals surface area (Å²) >= 11 is 12.1. The molecule has 0 aromatic heterocycles. The summed E-state index contributed by atoms with van der Waals surface area (Å²) in [5, 5.41) is 3.31. The number of benzene rings is 2. The molecule has 190 valence electrons. The Kier molecular flexibility index (Phi) is 9.80. The van der Waals surface area contributed by atoms with Crippen LogP contribution in [0.4, 0.5) is 5.69 Å². The SMILES string of the molecule is Cc1cc(Cl)ccc1OCCCC(=O)OCC(=O)Nc1cc(S(=O)(=O)N2CCCCC2)ccc1Cl. The van der Waals surface area contributed by atoms with Crippen molar-refractivity contribution in [1.82, 2.24) is 4.31 Å². The van der Waals surface area contributed by atoms with Crippen LogP contribution in [0, 0.1) is 6.92 Å². The zero-order chi connectivity index (χ0) is 25.4. The normalized spacial score (nSPS) is 14.4. The molecule has 8 nitrogen and oxygen atoms in total. The van der Waals surface area contributed by atoms with Crippen molar-refractivity contribution in [3.05, 3.63) is 52.0 Å². The van der Waals surface area contributed by atoms with Gasteiger partial charge in [0.05, 0.1) is 22.2 Å². The minimum Gasteiger partial charge on any atom is -0.493 e. The highest BCUT2D eigenvalue weighted by atomic mass is 35.5. The second-order valence-electron chi connectivity index (χ2n) is 8.18. The van der Waals surface area contributed by atoms with Gasteiger partial charge in [-0.2, -0.15) is 4.31 Å². The molecule has 1 fully saturated rings. The van der Waals surface area contributed by atoms with Crippen LogP contribution in [0.2, 0.25) is 10.0 Å². The maximum atomic E-state index is 12.9. The summed E-state index contributed by atoms with van der Waals surface area (Å²) in [5.41, 5.74) is 1.03. The predicted molar refractivity (Wildman–Crippen MR) is 135 cm³/mol. The molecular formula is C24H28Cl2N2O6S. The van der Waals surface area contributed by atoms with Gasteiger partial charge in [0.25, 0.3) is 5.91 Å². The number of anilines is 1. The number of carbonyl (C=O) groups excluding carboxylic acids is 2. The van der Waals surface area contributed by atoms with E-state index >= 15 is 0 Å². The van der Waals surface area contributed by atoms with Crippen LogP contribution in [-0.4, -0.2) is 50.9 Å². The van der Waals surface area contributed by atoms with E-state index in [1.54, 1.807) is 18.2 Å². The Hall–Kier alpha value is -2.33. The summed E-state index contributed by atoms with van der Waals surface area (Å²) < 4.78 is 37.8. The second kappa shape index (κ2) is 12.6. The van der Waals surface area contributed by atoms with Crippen molar-refractivity contribution in [3.63, 3.8) is 0 Å². The number of piperidine rings is 1. The molecule has 0 atom stereocenters. The highest BCUT2D eigenvalue weighted by molar-refractivity contribution is 7.89. The van der Waals surface area contributed by atoms with Gasteiger partial charge in [0.15, 0.2) is 6.61 Å². The van der Waals surface area contributed by atoms with Crippen LogP contribution in [-0.2, 0) is 24.3 Å². The van der Waals surface area contributed by atoms with Crippen molar-refractivity contribution < 1.29 is 27.5 Å². The van der Waals surface area contributed by atoms with E-state index in [-0.39, 0.29) is 22.0 Å². The minimum absolute atomic E-state index is 0.0482. The van der Waals surface area contributed by atoms with Crippen LogP contribution in [0.5, 0.6) is 5.75 Å². The van der Waals surface area contributed by atoms with Gasteiger partial charge in [-0.3, -0.25) is 9.59 Å². The molecule has 0 unspecified atom stereocenters. The summed E-state index contributed by atoms with van der Waals surface area (Å²) in [6, 6.07) is 9.43. The maximum absolute atomic E-state index is 12.9. The fourth-order valence-electron chi connectivity index (χ4n) is 3.59. The fraction of sp³-hybridized carbons (Fsp3) is 0.417. The molecule has 0 radical (unpaired) electrons. The topological polar surface area (TPSA) is 102 Å². The first-order valence-corrected chi connectivity index (χ1v) is 13.5. The Labute approximate surface area is 215 Å². The Balaban J connectivity index is 1.45. The fourth-order valence-corrected chi connectivity index (χ4v) is 5.53. The number of hydrogen-bond acceptors (Lipinski definition) is 6. The standard InChI is InChI=1S/C24H28Cl2N2O6S/c1-17-14-18(25)7-10-22(17)33-13-5-6-24(30)34-16-23(29)27-21-15-19(8-9-20(21)26)35(31,32)28-11-3-2-4-12-28/h7-10,14-15H,2-6,11-13,16H2,1H3,(H,27,29). The number of halogens is 2. The third kappa shape index (κ3) is 7.83. The molecule has 0 saturated carbocycles. The summed E-state index contributed by atoms with van der Waals surface area (Å²) in [5.74, 6) is -0.492. The van der Waals surface area contributed by atoms with Crippen molar-refractivity contribution in [2.45, 2.75) is 43.9 Å². The highest BCUT2D eigenvalue weighted by Gasteiger charge is 2.26. The summed E-state index contributed by atoms with van der Waals surface area (Å²) in [6.07, 6.45) is 3.11. The molecule has 2 aromatic carbocycles. The van der Waals surface area contributed by atoms with E-state index in [1.807, 2.05) is 6.92 Å². The van der Waals surface area contributed by atoms with Crippen molar-refractivity contribution in [1.29, 1.82) is 0 Å². The van der Waals surface area contributed by atoms with Crippen LogP contribution in [0.15, 0.2) is 41.3 Å². The van der Waals surface area contributed by atoms with E-state index in [2.05, 4.69) is 5.32 Å². The Morgan fingerprint density at radius 1 is 1.06 bits per heavy atom. The Bertz CT molecular complexity index is 1170. The quantitative estimate of drug-likeness (QED) is 0.341. The zero-order valence-corrected chi connectivity index (χ0v) is 21.7. The number of sulfonamides is 1. The van der Waals surface area contributed by atoms with Gasteiger partial charge in [-0.15, -0.1) is 0 Å². The van der Waals surface area contributed by atoms with E-state index in [0.717, 1.165) is 24.8 Å². The van der Waals surface area contributed by atoms with E-state index in [4.69, 9.17) is 32.7 Å². The van der Waals surface area contributed by atoms with Crippen LogP contribution < -0.4 is 10.1 Å². The number of hydrogen-bond donors (Lipinski definition) is 1. The lowest BCUT2D eigenvalue weighted by molar-refractivity contribution is -0.147. The summed E-state index contributed by atoms with van der Waals surface area (Å²) in [4.78, 5) is 24.3. The predicted octanol–water partition coefficient (Wildman–Crippen LogP) is 4.82. The van der Waals surface area contributed by atoms with Gasteiger partial charge in [-0.1, -0.05) is 29.6 Å². The van der Waals surface area contributed by atoms with E-state index < -0.39 is 28.5 Å². The molecule has 1 saturated heterocycles. The third-order valence-corrected chi connectivity index (χ3v) is 7.91. The number of amides is 1. The first kappa shape index (κ1) is 27.3. The van der Waals surface area contributed by atoms with Gasteiger partial charge in [-0.25, -0.2) is 8.42 Å². The van der Waals surface area contributed by atoms with Crippen molar-refractivity contribution in [2.75, 3.05) is 31.6 Å². The number of nitrogens with one attached hydrogen (secondary N) is 1. The lowest BCUT2D eigenvalue weighted by atomic mass is 10.2. The molecular weight excluding hydrogens is 515 g/mol. The third-order valence-electron chi connectivity index (χ3n) is 5.45. The first-order valence-electron chi connectivity index (χ1n) is 11.3. The number of rotatable bonds is 10.